The number of phenols is 6. The molecule has 0 spiro atoms. The highest BCUT2D eigenvalue weighted by Crippen LogP contribution is 2.42. The third kappa shape index (κ3) is 4.32. The van der Waals surface area contributed by atoms with Crippen LogP contribution in [0.5, 0.6) is 34.5 Å². The summed E-state index contributed by atoms with van der Waals surface area (Å²) in [4.78, 5) is 0. The van der Waals surface area contributed by atoms with E-state index in [0.29, 0.717) is 6.42 Å². The maximum Gasteiger partial charge on any atom is 0.157 e. The zero-order valence-corrected chi connectivity index (χ0v) is 15.9. The van der Waals surface area contributed by atoms with E-state index >= 15 is 0 Å². The van der Waals surface area contributed by atoms with Gasteiger partial charge in [-0.2, -0.15) is 0 Å². The molecule has 0 heterocycles. The Balaban J connectivity index is 2.04. The first kappa shape index (κ1) is 20.2. The fraction of sp³-hybridized carbons (Fsp3) is 0.217. The second-order valence-corrected chi connectivity index (χ2v) is 7.14. The maximum atomic E-state index is 9.97. The first-order valence-corrected chi connectivity index (χ1v) is 9.35. The Morgan fingerprint density at radius 2 is 0.931 bits per heavy atom. The van der Waals surface area contributed by atoms with E-state index in [1.165, 1.54) is 36.4 Å². The average molecular weight is 396 g/mol. The summed E-state index contributed by atoms with van der Waals surface area (Å²) < 4.78 is 0. The Morgan fingerprint density at radius 3 is 1.31 bits per heavy atom. The molecular weight excluding hydrogens is 372 g/mol. The third-order valence-corrected chi connectivity index (χ3v) is 5.29. The van der Waals surface area contributed by atoms with Crippen LogP contribution < -0.4 is 0 Å². The lowest BCUT2D eigenvalue weighted by atomic mass is 9.80. The quantitative estimate of drug-likeness (QED) is 0.338. The summed E-state index contributed by atoms with van der Waals surface area (Å²) in [7, 11) is 0. The molecule has 0 aliphatic heterocycles. The molecule has 0 fully saturated rings. The van der Waals surface area contributed by atoms with Crippen molar-refractivity contribution < 1.29 is 30.6 Å². The van der Waals surface area contributed by atoms with Crippen LogP contribution in [0.1, 0.15) is 48.3 Å². The lowest BCUT2D eigenvalue weighted by Crippen LogP contribution is -2.08. The number of rotatable bonds is 6. The minimum Gasteiger partial charge on any atom is -0.504 e. The Hall–Kier alpha value is -3.54. The van der Waals surface area contributed by atoms with Crippen molar-refractivity contribution in [3.05, 3.63) is 71.3 Å². The zero-order valence-electron chi connectivity index (χ0n) is 15.9. The van der Waals surface area contributed by atoms with E-state index in [4.69, 9.17) is 0 Å². The van der Waals surface area contributed by atoms with Crippen LogP contribution >= 0.6 is 0 Å². The SMILES string of the molecule is CCC(CC(c1ccc(O)c(O)c1)c1ccc(O)c(O)c1)c1ccc(O)c(O)c1. The molecule has 6 N–H and O–H groups in total. The zero-order chi connectivity index (χ0) is 21.1. The molecule has 3 aromatic rings. The second kappa shape index (κ2) is 8.22. The van der Waals surface area contributed by atoms with E-state index in [1.807, 2.05) is 6.92 Å². The molecule has 0 bridgehead atoms. The second-order valence-electron chi connectivity index (χ2n) is 7.14. The van der Waals surface area contributed by atoms with Crippen LogP contribution in [0.25, 0.3) is 0 Å². The van der Waals surface area contributed by atoms with E-state index in [1.54, 1.807) is 18.2 Å². The number of hydrogen-bond donors (Lipinski definition) is 6. The number of phenolic OH excluding ortho intramolecular Hbond substituents is 6. The largest absolute Gasteiger partial charge is 0.504 e. The lowest BCUT2D eigenvalue weighted by molar-refractivity contribution is 0.400. The van der Waals surface area contributed by atoms with Gasteiger partial charge in [0, 0.05) is 5.92 Å². The molecule has 0 radical (unpaired) electrons. The summed E-state index contributed by atoms with van der Waals surface area (Å²) in [6.07, 6.45) is 1.31. The van der Waals surface area contributed by atoms with Gasteiger partial charge in [0.2, 0.25) is 0 Å². The van der Waals surface area contributed by atoms with Gasteiger partial charge < -0.3 is 30.6 Å². The van der Waals surface area contributed by atoms with Crippen molar-refractivity contribution in [2.75, 3.05) is 0 Å². The van der Waals surface area contributed by atoms with Gasteiger partial charge >= 0.3 is 0 Å². The fourth-order valence-electron chi connectivity index (χ4n) is 3.60. The normalized spacial score (nSPS) is 12.2. The van der Waals surface area contributed by atoms with Gasteiger partial charge in [0.1, 0.15) is 0 Å². The van der Waals surface area contributed by atoms with Crippen LogP contribution in [0.15, 0.2) is 54.6 Å². The molecule has 1 atom stereocenters. The summed E-state index contributed by atoms with van der Waals surface area (Å²) in [6, 6.07) is 13.9. The van der Waals surface area contributed by atoms with Gasteiger partial charge in [-0.15, -0.1) is 0 Å². The lowest BCUT2D eigenvalue weighted by Gasteiger charge is -2.25. The van der Waals surface area contributed by atoms with E-state index in [9.17, 15) is 30.6 Å². The van der Waals surface area contributed by atoms with Crippen LogP contribution in [0, 0.1) is 0 Å². The third-order valence-electron chi connectivity index (χ3n) is 5.29. The molecule has 0 saturated carbocycles. The van der Waals surface area contributed by atoms with Gasteiger partial charge in [-0.25, -0.2) is 0 Å². The first-order valence-electron chi connectivity index (χ1n) is 9.35. The van der Waals surface area contributed by atoms with E-state index in [0.717, 1.165) is 23.1 Å². The summed E-state index contributed by atoms with van der Waals surface area (Å²) in [5, 5.41) is 58.7. The molecule has 152 valence electrons. The molecule has 6 heteroatoms. The van der Waals surface area contributed by atoms with Crippen LogP contribution in [0.4, 0.5) is 0 Å². The van der Waals surface area contributed by atoms with E-state index in [-0.39, 0.29) is 46.3 Å². The van der Waals surface area contributed by atoms with E-state index < -0.39 is 0 Å². The fourth-order valence-corrected chi connectivity index (χ4v) is 3.60. The Bertz CT molecular complexity index is 963. The monoisotopic (exact) mass is 396 g/mol. The van der Waals surface area contributed by atoms with Crippen LogP contribution in [-0.4, -0.2) is 30.6 Å². The Kier molecular flexibility index (Phi) is 5.73. The summed E-state index contributed by atoms with van der Waals surface area (Å²) >= 11 is 0. The minimum absolute atomic E-state index is 0.00149. The molecular formula is C23H24O6. The maximum absolute atomic E-state index is 9.97. The minimum atomic E-state index is -0.270. The molecule has 0 saturated heterocycles. The molecule has 0 aliphatic carbocycles. The smallest absolute Gasteiger partial charge is 0.157 e. The number of benzene rings is 3. The molecule has 1 unspecified atom stereocenters. The summed E-state index contributed by atoms with van der Waals surface area (Å²) in [5.41, 5.74) is 2.30. The summed E-state index contributed by atoms with van der Waals surface area (Å²) in [5.74, 6) is -1.59. The van der Waals surface area contributed by atoms with Crippen molar-refractivity contribution in [2.45, 2.75) is 31.6 Å². The highest BCUT2D eigenvalue weighted by molar-refractivity contribution is 5.48. The van der Waals surface area contributed by atoms with Gasteiger partial charge in [-0.1, -0.05) is 25.1 Å². The first-order chi connectivity index (χ1) is 13.8. The Morgan fingerprint density at radius 1 is 0.552 bits per heavy atom. The van der Waals surface area contributed by atoms with Crippen LogP contribution in [0.3, 0.4) is 0 Å². The van der Waals surface area contributed by atoms with Crippen molar-refractivity contribution in [3.8, 4) is 34.5 Å². The predicted molar refractivity (Wildman–Crippen MR) is 109 cm³/mol. The van der Waals surface area contributed by atoms with Crippen molar-refractivity contribution in [1.29, 1.82) is 0 Å². The van der Waals surface area contributed by atoms with Gasteiger partial charge in [0.25, 0.3) is 0 Å². The molecule has 29 heavy (non-hydrogen) atoms. The van der Waals surface area contributed by atoms with Gasteiger partial charge in [-0.3, -0.25) is 0 Å². The Labute approximate surface area is 168 Å². The van der Waals surface area contributed by atoms with Crippen molar-refractivity contribution >= 4 is 0 Å². The number of aromatic hydroxyl groups is 6. The molecule has 6 nitrogen and oxygen atoms in total. The van der Waals surface area contributed by atoms with Crippen molar-refractivity contribution in [3.63, 3.8) is 0 Å². The highest BCUT2D eigenvalue weighted by atomic mass is 16.3. The van der Waals surface area contributed by atoms with Crippen LogP contribution in [0.2, 0.25) is 0 Å². The van der Waals surface area contributed by atoms with Crippen molar-refractivity contribution in [1.82, 2.24) is 0 Å². The van der Waals surface area contributed by atoms with Gasteiger partial charge in [0.05, 0.1) is 0 Å². The predicted octanol–water partition coefficient (Wildman–Crippen LogP) is 4.64. The van der Waals surface area contributed by atoms with Crippen molar-refractivity contribution in [2.24, 2.45) is 0 Å². The number of hydrogen-bond acceptors (Lipinski definition) is 6. The standard InChI is InChI=1S/C23H24O6/c1-2-13(14-3-6-18(24)21(27)10-14)9-17(15-4-7-19(25)22(28)11-15)16-5-8-20(26)23(29)12-16/h3-8,10-13,17,24-29H,2,9H2,1H3. The van der Waals surface area contributed by atoms with Gasteiger partial charge in [0.15, 0.2) is 34.5 Å². The average Bonchev–Trinajstić information content (AvgIpc) is 2.70. The topological polar surface area (TPSA) is 121 Å². The summed E-state index contributed by atoms with van der Waals surface area (Å²) in [6.45, 7) is 2.01. The molecule has 0 aromatic heterocycles. The molecule has 3 aromatic carbocycles. The molecule has 0 aliphatic rings. The highest BCUT2D eigenvalue weighted by Gasteiger charge is 2.23. The molecule has 3 rings (SSSR count). The van der Waals surface area contributed by atoms with E-state index in [2.05, 4.69) is 0 Å². The van der Waals surface area contributed by atoms with Crippen LogP contribution in [-0.2, 0) is 0 Å². The van der Waals surface area contributed by atoms with Gasteiger partial charge in [-0.05, 0) is 71.8 Å². The molecule has 0 amide bonds.